The van der Waals surface area contributed by atoms with Gasteiger partial charge in [-0.05, 0) is 42.8 Å². The molecule has 3 aromatic rings. The third-order valence-corrected chi connectivity index (χ3v) is 4.46. The smallest absolute Gasteiger partial charge is 0.336 e. The SMILES string of the molecule is CC(Oc1ccc(NC(=O)c2ccccc2C(=O)O)cc1Cl)c1ccccc1. The molecule has 0 spiro atoms. The molecule has 28 heavy (non-hydrogen) atoms. The minimum absolute atomic E-state index is 0.0669. The molecule has 0 aliphatic rings. The summed E-state index contributed by atoms with van der Waals surface area (Å²) >= 11 is 6.30. The lowest BCUT2D eigenvalue weighted by Crippen LogP contribution is -2.16. The zero-order valence-electron chi connectivity index (χ0n) is 15.1. The molecule has 0 heterocycles. The molecule has 5 nitrogen and oxygen atoms in total. The van der Waals surface area contributed by atoms with Gasteiger partial charge < -0.3 is 15.2 Å². The van der Waals surface area contributed by atoms with E-state index in [1.165, 1.54) is 12.1 Å². The monoisotopic (exact) mass is 395 g/mol. The maximum atomic E-state index is 12.4. The summed E-state index contributed by atoms with van der Waals surface area (Å²) in [5.41, 5.74) is 1.46. The highest BCUT2D eigenvalue weighted by atomic mass is 35.5. The molecule has 2 N–H and O–H groups in total. The van der Waals surface area contributed by atoms with Crippen LogP contribution in [0.2, 0.25) is 5.02 Å². The fraction of sp³-hybridized carbons (Fsp3) is 0.0909. The third kappa shape index (κ3) is 4.50. The van der Waals surface area contributed by atoms with Crippen molar-refractivity contribution < 1.29 is 19.4 Å². The van der Waals surface area contributed by atoms with Crippen molar-refractivity contribution in [1.82, 2.24) is 0 Å². The number of carbonyl (C=O) groups is 2. The Morgan fingerprint density at radius 3 is 2.25 bits per heavy atom. The zero-order valence-corrected chi connectivity index (χ0v) is 15.8. The van der Waals surface area contributed by atoms with Crippen molar-refractivity contribution in [3.63, 3.8) is 0 Å². The molecule has 1 unspecified atom stereocenters. The number of rotatable bonds is 6. The maximum absolute atomic E-state index is 12.4. The molecule has 0 radical (unpaired) electrons. The van der Waals surface area contributed by atoms with Crippen LogP contribution in [0.5, 0.6) is 5.75 Å². The highest BCUT2D eigenvalue weighted by molar-refractivity contribution is 6.32. The summed E-state index contributed by atoms with van der Waals surface area (Å²) in [7, 11) is 0. The van der Waals surface area contributed by atoms with E-state index in [2.05, 4.69) is 5.32 Å². The summed E-state index contributed by atoms with van der Waals surface area (Å²) in [5, 5.41) is 12.2. The van der Waals surface area contributed by atoms with Crippen LogP contribution in [0, 0.1) is 0 Å². The van der Waals surface area contributed by atoms with Gasteiger partial charge in [0.05, 0.1) is 16.1 Å². The molecule has 6 heteroatoms. The number of amides is 1. The highest BCUT2D eigenvalue weighted by Crippen LogP contribution is 2.31. The van der Waals surface area contributed by atoms with E-state index in [4.69, 9.17) is 16.3 Å². The highest BCUT2D eigenvalue weighted by Gasteiger charge is 2.16. The van der Waals surface area contributed by atoms with Crippen LogP contribution in [-0.2, 0) is 0 Å². The number of anilines is 1. The van der Waals surface area contributed by atoms with Crippen molar-refractivity contribution in [2.75, 3.05) is 5.32 Å². The molecule has 0 aromatic heterocycles. The molecule has 0 saturated heterocycles. The Kier molecular flexibility index (Phi) is 5.96. The van der Waals surface area contributed by atoms with Crippen LogP contribution in [0.4, 0.5) is 5.69 Å². The van der Waals surface area contributed by atoms with Gasteiger partial charge in [-0.25, -0.2) is 4.79 Å². The first-order valence-electron chi connectivity index (χ1n) is 8.60. The minimum atomic E-state index is -1.16. The second-order valence-electron chi connectivity index (χ2n) is 6.12. The number of aromatic carboxylic acids is 1. The Balaban J connectivity index is 1.74. The molecule has 0 bridgehead atoms. The molecule has 3 aromatic carbocycles. The number of hydrogen-bond donors (Lipinski definition) is 2. The maximum Gasteiger partial charge on any atom is 0.336 e. The summed E-state index contributed by atoms with van der Waals surface area (Å²) in [6.45, 7) is 1.92. The van der Waals surface area contributed by atoms with Crippen molar-refractivity contribution in [3.05, 3.63) is 94.5 Å². The van der Waals surface area contributed by atoms with Crippen LogP contribution >= 0.6 is 11.6 Å². The Bertz CT molecular complexity index is 1000. The normalized spacial score (nSPS) is 11.5. The Morgan fingerprint density at radius 2 is 1.61 bits per heavy atom. The van der Waals surface area contributed by atoms with Crippen LogP contribution in [-0.4, -0.2) is 17.0 Å². The van der Waals surface area contributed by atoms with Crippen molar-refractivity contribution in [2.45, 2.75) is 13.0 Å². The topological polar surface area (TPSA) is 75.6 Å². The molecule has 0 saturated carbocycles. The Labute approximate surface area is 167 Å². The predicted octanol–water partition coefficient (Wildman–Crippen LogP) is 5.43. The van der Waals surface area contributed by atoms with Gasteiger partial charge in [0.15, 0.2) is 0 Å². The van der Waals surface area contributed by atoms with Crippen LogP contribution in [0.1, 0.15) is 39.3 Å². The summed E-state index contributed by atoms with van der Waals surface area (Å²) in [5.74, 6) is -1.20. The van der Waals surface area contributed by atoms with Gasteiger partial charge in [0, 0.05) is 5.69 Å². The van der Waals surface area contributed by atoms with E-state index in [1.807, 2.05) is 37.3 Å². The quantitative estimate of drug-likeness (QED) is 0.583. The Hall–Kier alpha value is -3.31. The van der Waals surface area contributed by atoms with E-state index >= 15 is 0 Å². The molecule has 1 amide bonds. The van der Waals surface area contributed by atoms with Gasteiger partial charge in [0.2, 0.25) is 0 Å². The van der Waals surface area contributed by atoms with Crippen LogP contribution in [0.15, 0.2) is 72.8 Å². The number of ether oxygens (including phenoxy) is 1. The average molecular weight is 396 g/mol. The molecule has 1 atom stereocenters. The summed E-state index contributed by atoms with van der Waals surface area (Å²) in [4.78, 5) is 23.7. The fourth-order valence-corrected chi connectivity index (χ4v) is 2.95. The van der Waals surface area contributed by atoms with Crippen molar-refractivity contribution >= 4 is 29.2 Å². The van der Waals surface area contributed by atoms with E-state index in [9.17, 15) is 14.7 Å². The predicted molar refractivity (Wildman–Crippen MR) is 108 cm³/mol. The van der Waals surface area contributed by atoms with Gasteiger partial charge in [0.1, 0.15) is 11.9 Å². The van der Waals surface area contributed by atoms with Gasteiger partial charge >= 0.3 is 5.97 Å². The lowest BCUT2D eigenvalue weighted by Gasteiger charge is -2.17. The van der Waals surface area contributed by atoms with Gasteiger partial charge in [-0.15, -0.1) is 0 Å². The standard InChI is InChI=1S/C22H18ClNO4/c1-14(15-7-3-2-4-8-15)28-20-12-11-16(13-19(20)23)24-21(25)17-9-5-6-10-18(17)22(26)27/h2-14H,1H3,(H,24,25)(H,26,27). The van der Waals surface area contributed by atoms with Crippen LogP contribution < -0.4 is 10.1 Å². The van der Waals surface area contributed by atoms with Gasteiger partial charge in [-0.2, -0.15) is 0 Å². The van der Waals surface area contributed by atoms with E-state index in [-0.39, 0.29) is 17.2 Å². The summed E-state index contributed by atoms with van der Waals surface area (Å²) in [6.07, 6.45) is -0.193. The van der Waals surface area contributed by atoms with E-state index in [1.54, 1.807) is 30.3 Å². The molecular formula is C22H18ClNO4. The van der Waals surface area contributed by atoms with Crippen molar-refractivity contribution in [3.8, 4) is 5.75 Å². The second kappa shape index (κ2) is 8.59. The van der Waals surface area contributed by atoms with Crippen LogP contribution in [0.3, 0.4) is 0 Å². The first-order valence-corrected chi connectivity index (χ1v) is 8.98. The van der Waals surface area contributed by atoms with Crippen molar-refractivity contribution in [2.24, 2.45) is 0 Å². The van der Waals surface area contributed by atoms with Gasteiger partial charge in [-0.1, -0.05) is 54.1 Å². The number of benzene rings is 3. The number of carboxylic acid groups (broad SMARTS) is 1. The first-order chi connectivity index (χ1) is 13.5. The lowest BCUT2D eigenvalue weighted by atomic mass is 10.1. The molecule has 142 valence electrons. The second-order valence-corrected chi connectivity index (χ2v) is 6.53. The zero-order chi connectivity index (χ0) is 20.1. The number of nitrogens with one attached hydrogen (secondary N) is 1. The summed E-state index contributed by atoms with van der Waals surface area (Å²) in [6, 6.07) is 20.6. The largest absolute Gasteiger partial charge is 0.484 e. The number of halogens is 1. The third-order valence-electron chi connectivity index (χ3n) is 4.16. The fourth-order valence-electron chi connectivity index (χ4n) is 2.72. The minimum Gasteiger partial charge on any atom is -0.484 e. The van der Waals surface area contributed by atoms with Crippen LogP contribution in [0.25, 0.3) is 0 Å². The lowest BCUT2D eigenvalue weighted by molar-refractivity contribution is 0.0692. The van der Waals surface area contributed by atoms with E-state index in [0.717, 1.165) is 5.56 Å². The Morgan fingerprint density at radius 1 is 0.964 bits per heavy atom. The van der Waals surface area contributed by atoms with Crippen molar-refractivity contribution in [1.29, 1.82) is 0 Å². The molecule has 0 fully saturated rings. The molecule has 3 rings (SSSR count). The van der Waals surface area contributed by atoms with E-state index in [0.29, 0.717) is 16.5 Å². The molecule has 0 aliphatic heterocycles. The number of carbonyl (C=O) groups excluding carboxylic acids is 1. The average Bonchev–Trinajstić information content (AvgIpc) is 2.70. The van der Waals surface area contributed by atoms with Gasteiger partial charge in [0.25, 0.3) is 5.91 Å². The first kappa shape index (κ1) is 19.5. The number of hydrogen-bond acceptors (Lipinski definition) is 3. The molecule has 0 aliphatic carbocycles. The summed E-state index contributed by atoms with van der Waals surface area (Å²) < 4.78 is 5.90. The van der Waals surface area contributed by atoms with E-state index < -0.39 is 11.9 Å². The van der Waals surface area contributed by atoms with Gasteiger partial charge in [-0.3, -0.25) is 4.79 Å². The molecular weight excluding hydrogens is 378 g/mol. The number of carboxylic acids is 1.